The van der Waals surface area contributed by atoms with Crippen molar-refractivity contribution in [3.8, 4) is 11.1 Å². The third-order valence-electron chi connectivity index (χ3n) is 5.34. The Hall–Kier alpha value is -2.66. The average molecular weight is 380 g/mol. The summed E-state index contributed by atoms with van der Waals surface area (Å²) in [7, 11) is 1.70. The Morgan fingerprint density at radius 3 is 2.29 bits per heavy atom. The number of hydrogen-bond donors (Lipinski definition) is 1. The maximum atomic E-state index is 13.0. The zero-order chi connectivity index (χ0) is 19.9. The van der Waals surface area contributed by atoms with Crippen molar-refractivity contribution in [3.63, 3.8) is 0 Å². The number of amides is 2. The molecule has 0 aliphatic carbocycles. The topological polar surface area (TPSA) is 72.6 Å². The van der Waals surface area contributed by atoms with Gasteiger partial charge in [-0.15, -0.1) is 0 Å². The number of methoxy groups -OCH3 is 1. The zero-order valence-electron chi connectivity index (χ0n) is 16.4. The Labute approximate surface area is 166 Å². The van der Waals surface area contributed by atoms with E-state index < -0.39 is 0 Å². The lowest BCUT2D eigenvalue weighted by atomic mass is 9.97. The SMILES string of the molecule is COCC[C@H]1CCCCN1C(=O)c1ccc(-c2ccc(CC(N)=O)cc2)cc1. The van der Waals surface area contributed by atoms with Crippen LogP contribution in [0.4, 0.5) is 0 Å². The normalized spacial score (nSPS) is 16.8. The van der Waals surface area contributed by atoms with Crippen molar-refractivity contribution in [3.05, 3.63) is 59.7 Å². The second-order valence-electron chi connectivity index (χ2n) is 7.35. The van der Waals surface area contributed by atoms with E-state index >= 15 is 0 Å². The van der Waals surface area contributed by atoms with Crippen molar-refractivity contribution < 1.29 is 14.3 Å². The highest BCUT2D eigenvalue weighted by Gasteiger charge is 2.27. The summed E-state index contributed by atoms with van der Waals surface area (Å²) in [5.74, 6) is -0.235. The molecule has 3 rings (SSSR count). The molecule has 1 heterocycles. The van der Waals surface area contributed by atoms with Crippen LogP contribution in [0.1, 0.15) is 41.6 Å². The molecular weight excluding hydrogens is 352 g/mol. The Kier molecular flexibility index (Phi) is 6.82. The maximum Gasteiger partial charge on any atom is 0.254 e. The summed E-state index contributed by atoms with van der Waals surface area (Å²) >= 11 is 0. The fraction of sp³-hybridized carbons (Fsp3) is 0.391. The molecule has 1 atom stereocenters. The zero-order valence-corrected chi connectivity index (χ0v) is 16.4. The van der Waals surface area contributed by atoms with Crippen molar-refractivity contribution in [1.29, 1.82) is 0 Å². The predicted octanol–water partition coefficient (Wildman–Crippen LogP) is 3.41. The van der Waals surface area contributed by atoms with Gasteiger partial charge in [0.25, 0.3) is 5.91 Å². The molecule has 5 heteroatoms. The molecule has 148 valence electrons. The molecule has 5 nitrogen and oxygen atoms in total. The summed E-state index contributed by atoms with van der Waals surface area (Å²) in [6.45, 7) is 1.50. The summed E-state index contributed by atoms with van der Waals surface area (Å²) < 4.78 is 5.21. The molecule has 0 aromatic heterocycles. The van der Waals surface area contributed by atoms with Crippen LogP contribution in [0, 0.1) is 0 Å². The first-order valence-electron chi connectivity index (χ1n) is 9.86. The van der Waals surface area contributed by atoms with Gasteiger partial charge in [-0.1, -0.05) is 36.4 Å². The van der Waals surface area contributed by atoms with E-state index in [1.807, 2.05) is 53.4 Å². The molecule has 1 saturated heterocycles. The van der Waals surface area contributed by atoms with Gasteiger partial charge in [-0.25, -0.2) is 0 Å². The summed E-state index contributed by atoms with van der Waals surface area (Å²) in [4.78, 5) is 26.0. The molecule has 28 heavy (non-hydrogen) atoms. The van der Waals surface area contributed by atoms with Crippen LogP contribution in [0.2, 0.25) is 0 Å². The second-order valence-corrected chi connectivity index (χ2v) is 7.35. The monoisotopic (exact) mass is 380 g/mol. The number of carbonyl (C=O) groups is 2. The number of piperidine rings is 1. The number of ether oxygens (including phenoxy) is 1. The summed E-state index contributed by atoms with van der Waals surface area (Å²) in [6, 6.07) is 15.8. The minimum Gasteiger partial charge on any atom is -0.385 e. The fourth-order valence-corrected chi connectivity index (χ4v) is 3.81. The number of hydrogen-bond acceptors (Lipinski definition) is 3. The van der Waals surface area contributed by atoms with Gasteiger partial charge in [-0.05, 0) is 54.5 Å². The van der Waals surface area contributed by atoms with Crippen molar-refractivity contribution in [2.24, 2.45) is 5.73 Å². The minimum absolute atomic E-state index is 0.101. The number of benzene rings is 2. The first-order valence-corrected chi connectivity index (χ1v) is 9.86. The third-order valence-corrected chi connectivity index (χ3v) is 5.34. The van der Waals surface area contributed by atoms with Crippen LogP contribution >= 0.6 is 0 Å². The largest absolute Gasteiger partial charge is 0.385 e. The second kappa shape index (κ2) is 9.51. The Bertz CT molecular complexity index is 800. The molecule has 2 aromatic carbocycles. The highest BCUT2D eigenvalue weighted by Crippen LogP contribution is 2.24. The average Bonchev–Trinajstić information content (AvgIpc) is 2.72. The standard InChI is InChI=1S/C23H28N2O3/c1-28-15-13-21-4-2-3-14-25(21)23(27)20-11-9-19(10-12-20)18-7-5-17(6-8-18)16-22(24)26/h5-12,21H,2-4,13-16H2,1H3,(H2,24,26)/t21-/m1/s1. The van der Waals surface area contributed by atoms with E-state index in [2.05, 4.69) is 0 Å². The molecule has 2 amide bonds. The third kappa shape index (κ3) is 4.98. The Balaban J connectivity index is 1.70. The molecule has 1 aliphatic rings. The number of nitrogens with two attached hydrogens (primary N) is 1. The van der Waals surface area contributed by atoms with Crippen LogP contribution in [0.25, 0.3) is 11.1 Å². The highest BCUT2D eigenvalue weighted by atomic mass is 16.5. The molecular formula is C23H28N2O3. The van der Waals surface area contributed by atoms with Crippen molar-refractivity contribution in [1.82, 2.24) is 4.90 Å². The fourth-order valence-electron chi connectivity index (χ4n) is 3.81. The summed E-state index contributed by atoms with van der Waals surface area (Å²) in [5, 5.41) is 0. The molecule has 0 bridgehead atoms. The van der Waals surface area contributed by atoms with E-state index in [4.69, 9.17) is 10.5 Å². The van der Waals surface area contributed by atoms with E-state index in [1.54, 1.807) is 7.11 Å². The van der Waals surface area contributed by atoms with E-state index in [0.717, 1.165) is 48.1 Å². The van der Waals surface area contributed by atoms with Gasteiger partial charge in [0.1, 0.15) is 0 Å². The molecule has 2 aromatic rings. The van der Waals surface area contributed by atoms with E-state index in [9.17, 15) is 9.59 Å². The first kappa shape index (κ1) is 20.1. The van der Waals surface area contributed by atoms with Crippen LogP contribution in [-0.4, -0.2) is 43.0 Å². The smallest absolute Gasteiger partial charge is 0.254 e. The molecule has 0 radical (unpaired) electrons. The Morgan fingerprint density at radius 1 is 1.04 bits per heavy atom. The maximum absolute atomic E-state index is 13.0. The van der Waals surface area contributed by atoms with Crippen molar-refractivity contribution in [2.45, 2.75) is 38.1 Å². The van der Waals surface area contributed by atoms with Gasteiger partial charge in [-0.3, -0.25) is 9.59 Å². The number of rotatable bonds is 7. The minimum atomic E-state index is -0.336. The quantitative estimate of drug-likeness (QED) is 0.800. The van der Waals surface area contributed by atoms with Crippen LogP contribution in [0.3, 0.4) is 0 Å². The van der Waals surface area contributed by atoms with E-state index in [1.165, 1.54) is 6.42 Å². The summed E-state index contributed by atoms with van der Waals surface area (Å²) in [6.07, 6.45) is 4.41. The molecule has 2 N–H and O–H groups in total. The lowest BCUT2D eigenvalue weighted by Crippen LogP contribution is -2.44. The van der Waals surface area contributed by atoms with Gasteiger partial charge < -0.3 is 15.4 Å². The lowest BCUT2D eigenvalue weighted by Gasteiger charge is -2.36. The van der Waals surface area contributed by atoms with Gasteiger partial charge in [-0.2, -0.15) is 0 Å². The molecule has 0 unspecified atom stereocenters. The summed E-state index contributed by atoms with van der Waals surface area (Å²) in [5.41, 5.74) is 8.94. The number of primary amides is 1. The van der Waals surface area contributed by atoms with Crippen molar-refractivity contribution >= 4 is 11.8 Å². The molecule has 0 spiro atoms. The highest BCUT2D eigenvalue weighted by molar-refractivity contribution is 5.95. The first-order chi connectivity index (χ1) is 13.6. The van der Waals surface area contributed by atoms with Gasteiger partial charge in [0.2, 0.25) is 5.91 Å². The van der Waals surface area contributed by atoms with E-state index in [-0.39, 0.29) is 24.3 Å². The van der Waals surface area contributed by atoms with Crippen LogP contribution in [0.15, 0.2) is 48.5 Å². The molecule has 0 saturated carbocycles. The van der Waals surface area contributed by atoms with E-state index in [0.29, 0.717) is 6.61 Å². The molecule has 1 aliphatic heterocycles. The van der Waals surface area contributed by atoms with Crippen molar-refractivity contribution in [2.75, 3.05) is 20.3 Å². The van der Waals surface area contributed by atoms with Gasteiger partial charge >= 0.3 is 0 Å². The number of likely N-dealkylation sites (tertiary alicyclic amines) is 1. The van der Waals surface area contributed by atoms with Gasteiger partial charge in [0.05, 0.1) is 6.42 Å². The molecule has 1 fully saturated rings. The Morgan fingerprint density at radius 2 is 1.68 bits per heavy atom. The predicted molar refractivity (Wildman–Crippen MR) is 110 cm³/mol. The van der Waals surface area contributed by atoms with Crippen LogP contribution in [-0.2, 0) is 16.0 Å². The van der Waals surface area contributed by atoms with Gasteiger partial charge in [0.15, 0.2) is 0 Å². The number of nitrogens with zero attached hydrogens (tertiary/aromatic N) is 1. The van der Waals surface area contributed by atoms with Crippen LogP contribution in [0.5, 0.6) is 0 Å². The lowest BCUT2D eigenvalue weighted by molar-refractivity contribution is -0.117. The van der Waals surface area contributed by atoms with Gasteiger partial charge in [0, 0.05) is 31.9 Å². The van der Waals surface area contributed by atoms with Crippen LogP contribution < -0.4 is 5.73 Å². The number of carbonyl (C=O) groups excluding carboxylic acids is 2.